The van der Waals surface area contributed by atoms with Crippen molar-refractivity contribution in [3.63, 3.8) is 0 Å². The largest absolute Gasteiger partial charge is 0.439 e. The molecule has 0 N–H and O–H groups in total. The molecule has 102 valence electrons. The molecule has 0 saturated carbocycles. The summed E-state index contributed by atoms with van der Waals surface area (Å²) in [4.78, 5) is 4.25. The average Bonchev–Trinajstić information content (AvgIpc) is 2.40. The maximum atomic E-state index is 9.04. The minimum Gasteiger partial charge on any atom is -0.439 e. The van der Waals surface area contributed by atoms with Crippen molar-refractivity contribution >= 4 is 0 Å². The van der Waals surface area contributed by atoms with Crippen molar-refractivity contribution in [3.8, 4) is 17.7 Å². The molecular formula is C17H18N2O. The van der Waals surface area contributed by atoms with Gasteiger partial charge in [-0.25, -0.2) is 4.98 Å². The Bertz CT molecular complexity index is 646. The Morgan fingerprint density at radius 3 is 2.45 bits per heavy atom. The standard InChI is InChI=1S/C17H18N2O/c1-12-5-8-16(19-11-12)20-15-7-6-13(10-18)9-14(15)17(2,3)4/h5-9,11H,1-4H3. The highest BCUT2D eigenvalue weighted by Gasteiger charge is 2.20. The van der Waals surface area contributed by atoms with E-state index in [0.717, 1.165) is 16.9 Å². The lowest BCUT2D eigenvalue weighted by molar-refractivity contribution is 0.439. The van der Waals surface area contributed by atoms with Gasteiger partial charge in [-0.05, 0) is 36.1 Å². The van der Waals surface area contributed by atoms with E-state index >= 15 is 0 Å². The number of benzene rings is 1. The first-order valence-corrected chi connectivity index (χ1v) is 6.55. The molecule has 0 aliphatic carbocycles. The minimum absolute atomic E-state index is 0.104. The zero-order chi connectivity index (χ0) is 14.8. The third kappa shape index (κ3) is 3.16. The first kappa shape index (κ1) is 14.1. The van der Waals surface area contributed by atoms with E-state index in [1.54, 1.807) is 12.3 Å². The van der Waals surface area contributed by atoms with Crippen LogP contribution in [0.1, 0.15) is 37.5 Å². The highest BCUT2D eigenvalue weighted by molar-refractivity contribution is 5.46. The summed E-state index contributed by atoms with van der Waals surface area (Å²) in [7, 11) is 0. The van der Waals surface area contributed by atoms with Crippen LogP contribution in [0.25, 0.3) is 0 Å². The second kappa shape index (κ2) is 5.34. The maximum absolute atomic E-state index is 9.04. The Hall–Kier alpha value is -2.34. The maximum Gasteiger partial charge on any atom is 0.219 e. The van der Waals surface area contributed by atoms with E-state index in [4.69, 9.17) is 10.00 Å². The molecule has 0 aliphatic rings. The van der Waals surface area contributed by atoms with Crippen LogP contribution in [0.4, 0.5) is 0 Å². The van der Waals surface area contributed by atoms with Gasteiger partial charge in [0, 0.05) is 17.8 Å². The van der Waals surface area contributed by atoms with Gasteiger partial charge in [-0.3, -0.25) is 0 Å². The van der Waals surface area contributed by atoms with Crippen LogP contribution in [-0.2, 0) is 5.41 Å². The predicted molar refractivity (Wildman–Crippen MR) is 78.9 cm³/mol. The van der Waals surface area contributed by atoms with E-state index in [-0.39, 0.29) is 5.41 Å². The number of hydrogen-bond donors (Lipinski definition) is 0. The van der Waals surface area contributed by atoms with Crippen LogP contribution in [-0.4, -0.2) is 4.98 Å². The zero-order valence-corrected chi connectivity index (χ0v) is 12.3. The van der Waals surface area contributed by atoms with E-state index in [2.05, 4.69) is 31.8 Å². The lowest BCUT2D eigenvalue weighted by atomic mass is 9.85. The van der Waals surface area contributed by atoms with Gasteiger partial charge < -0.3 is 4.74 Å². The zero-order valence-electron chi connectivity index (χ0n) is 12.3. The van der Waals surface area contributed by atoms with Gasteiger partial charge in [0.15, 0.2) is 0 Å². The number of pyridine rings is 1. The van der Waals surface area contributed by atoms with E-state index in [1.165, 1.54) is 0 Å². The SMILES string of the molecule is Cc1ccc(Oc2ccc(C#N)cc2C(C)(C)C)nc1. The summed E-state index contributed by atoms with van der Waals surface area (Å²) in [5.74, 6) is 1.30. The Morgan fingerprint density at radius 2 is 1.90 bits per heavy atom. The van der Waals surface area contributed by atoms with Crippen molar-refractivity contribution in [2.75, 3.05) is 0 Å². The molecule has 1 aromatic carbocycles. The molecule has 3 nitrogen and oxygen atoms in total. The van der Waals surface area contributed by atoms with Gasteiger partial charge in [-0.15, -0.1) is 0 Å². The van der Waals surface area contributed by atoms with Crippen LogP contribution >= 0.6 is 0 Å². The summed E-state index contributed by atoms with van der Waals surface area (Å²) in [5.41, 5.74) is 2.62. The molecule has 20 heavy (non-hydrogen) atoms. The smallest absolute Gasteiger partial charge is 0.219 e. The van der Waals surface area contributed by atoms with Crippen molar-refractivity contribution in [2.24, 2.45) is 0 Å². The highest BCUT2D eigenvalue weighted by atomic mass is 16.5. The average molecular weight is 266 g/mol. The molecule has 0 bridgehead atoms. The third-order valence-corrected chi connectivity index (χ3v) is 3.02. The fourth-order valence-corrected chi connectivity index (χ4v) is 1.90. The second-order valence-electron chi connectivity index (χ2n) is 5.85. The molecule has 3 heteroatoms. The van der Waals surface area contributed by atoms with Gasteiger partial charge in [-0.1, -0.05) is 26.8 Å². The number of rotatable bonds is 2. The minimum atomic E-state index is -0.104. The summed E-state index contributed by atoms with van der Waals surface area (Å²) in [6.07, 6.45) is 1.77. The molecule has 2 rings (SSSR count). The Kier molecular flexibility index (Phi) is 3.76. The molecule has 2 aromatic rings. The predicted octanol–water partition coefficient (Wildman–Crippen LogP) is 4.35. The molecule has 0 radical (unpaired) electrons. The van der Waals surface area contributed by atoms with Crippen LogP contribution in [0.5, 0.6) is 11.6 Å². The quantitative estimate of drug-likeness (QED) is 0.811. The van der Waals surface area contributed by atoms with Crippen molar-refractivity contribution < 1.29 is 4.74 Å². The molecule has 1 heterocycles. The van der Waals surface area contributed by atoms with Crippen molar-refractivity contribution in [2.45, 2.75) is 33.1 Å². The van der Waals surface area contributed by atoms with Crippen molar-refractivity contribution in [1.82, 2.24) is 4.98 Å². The lowest BCUT2D eigenvalue weighted by Gasteiger charge is -2.22. The van der Waals surface area contributed by atoms with E-state index in [0.29, 0.717) is 11.4 Å². The van der Waals surface area contributed by atoms with Gasteiger partial charge in [0.1, 0.15) is 5.75 Å². The third-order valence-electron chi connectivity index (χ3n) is 3.02. The fourth-order valence-electron chi connectivity index (χ4n) is 1.90. The van der Waals surface area contributed by atoms with Crippen LogP contribution in [0, 0.1) is 18.3 Å². The summed E-state index contributed by atoms with van der Waals surface area (Å²) < 4.78 is 5.87. The summed E-state index contributed by atoms with van der Waals surface area (Å²) >= 11 is 0. The number of hydrogen-bond acceptors (Lipinski definition) is 3. The van der Waals surface area contributed by atoms with Crippen LogP contribution in [0.2, 0.25) is 0 Å². The molecule has 0 saturated heterocycles. The molecule has 0 spiro atoms. The summed E-state index contributed by atoms with van der Waals surface area (Å²) in [5, 5.41) is 9.04. The van der Waals surface area contributed by atoms with Crippen molar-refractivity contribution in [3.05, 3.63) is 53.2 Å². The second-order valence-corrected chi connectivity index (χ2v) is 5.85. The summed E-state index contributed by atoms with van der Waals surface area (Å²) in [6.45, 7) is 8.27. The van der Waals surface area contributed by atoms with Gasteiger partial charge >= 0.3 is 0 Å². The number of aromatic nitrogens is 1. The van der Waals surface area contributed by atoms with Crippen molar-refractivity contribution in [1.29, 1.82) is 5.26 Å². The monoisotopic (exact) mass is 266 g/mol. The molecule has 0 aliphatic heterocycles. The first-order valence-electron chi connectivity index (χ1n) is 6.55. The highest BCUT2D eigenvalue weighted by Crippen LogP contribution is 2.34. The van der Waals surface area contributed by atoms with Gasteiger partial charge in [0.05, 0.1) is 11.6 Å². The number of nitrogens with zero attached hydrogens (tertiary/aromatic N) is 2. The topological polar surface area (TPSA) is 45.9 Å². The van der Waals surface area contributed by atoms with E-state index in [9.17, 15) is 0 Å². The van der Waals surface area contributed by atoms with Gasteiger partial charge in [0.2, 0.25) is 5.88 Å². The number of aryl methyl sites for hydroxylation is 1. The normalized spacial score (nSPS) is 10.9. The summed E-state index contributed by atoms with van der Waals surface area (Å²) in [6, 6.07) is 11.5. The Balaban J connectivity index is 2.41. The van der Waals surface area contributed by atoms with E-state index in [1.807, 2.05) is 31.2 Å². The molecule has 0 fully saturated rings. The Labute approximate surface area is 119 Å². The lowest BCUT2D eigenvalue weighted by Crippen LogP contribution is -2.13. The molecule has 0 unspecified atom stereocenters. The van der Waals surface area contributed by atoms with Gasteiger partial charge in [-0.2, -0.15) is 5.26 Å². The van der Waals surface area contributed by atoms with Crippen LogP contribution < -0.4 is 4.74 Å². The first-order chi connectivity index (χ1) is 9.40. The molecule has 1 aromatic heterocycles. The number of nitriles is 1. The Morgan fingerprint density at radius 1 is 1.15 bits per heavy atom. The van der Waals surface area contributed by atoms with Crippen LogP contribution in [0.15, 0.2) is 36.5 Å². The van der Waals surface area contributed by atoms with Gasteiger partial charge in [0.25, 0.3) is 0 Å². The molecule has 0 amide bonds. The van der Waals surface area contributed by atoms with Crippen LogP contribution in [0.3, 0.4) is 0 Å². The molecular weight excluding hydrogens is 248 g/mol. The van der Waals surface area contributed by atoms with E-state index < -0.39 is 0 Å². The molecule has 0 atom stereocenters. The number of ether oxygens (including phenoxy) is 1. The fraction of sp³-hybridized carbons (Fsp3) is 0.294.